The number of allylic oxidation sites excluding steroid dienone is 4. The molecule has 0 atom stereocenters. The average molecular weight is 154 g/mol. The molecule has 0 aliphatic heterocycles. The van der Waals surface area contributed by atoms with E-state index < -0.39 is 0 Å². The first-order valence-corrected chi connectivity index (χ1v) is 4.16. The van der Waals surface area contributed by atoms with Crippen LogP contribution in [0.5, 0.6) is 0 Å². The van der Waals surface area contributed by atoms with Crippen LogP contribution >= 0.6 is 0 Å². The summed E-state index contributed by atoms with van der Waals surface area (Å²) in [5, 5.41) is 8.47. The Morgan fingerprint density at radius 3 is 2.55 bits per heavy atom. The van der Waals surface area contributed by atoms with E-state index in [0.29, 0.717) is 6.61 Å². The zero-order valence-corrected chi connectivity index (χ0v) is 7.51. The summed E-state index contributed by atoms with van der Waals surface area (Å²) in [5.41, 5.74) is 1.36. The van der Waals surface area contributed by atoms with Crippen LogP contribution in [0.1, 0.15) is 33.1 Å². The van der Waals surface area contributed by atoms with Crippen LogP contribution in [0.2, 0.25) is 0 Å². The van der Waals surface area contributed by atoms with Crippen molar-refractivity contribution < 1.29 is 5.11 Å². The van der Waals surface area contributed by atoms with Crippen LogP contribution in [0.15, 0.2) is 23.8 Å². The summed E-state index contributed by atoms with van der Waals surface area (Å²) < 4.78 is 0. The number of unbranched alkanes of at least 4 members (excludes halogenated alkanes) is 1. The van der Waals surface area contributed by atoms with Gasteiger partial charge in [0.05, 0.1) is 0 Å². The van der Waals surface area contributed by atoms with Gasteiger partial charge in [-0.15, -0.1) is 0 Å². The number of hydrogen-bond donors (Lipinski definition) is 1. The maximum absolute atomic E-state index is 8.47. The van der Waals surface area contributed by atoms with Crippen molar-refractivity contribution in [3.05, 3.63) is 23.8 Å². The topological polar surface area (TPSA) is 20.2 Å². The molecule has 0 rings (SSSR count). The third-order valence-electron chi connectivity index (χ3n) is 1.36. The molecule has 0 aliphatic carbocycles. The average Bonchev–Trinajstić information content (AvgIpc) is 1.96. The lowest BCUT2D eigenvalue weighted by Crippen LogP contribution is -1.77. The van der Waals surface area contributed by atoms with Crippen molar-refractivity contribution in [2.75, 3.05) is 6.61 Å². The molecule has 0 unspecified atom stereocenters. The van der Waals surface area contributed by atoms with E-state index in [2.05, 4.69) is 32.1 Å². The van der Waals surface area contributed by atoms with E-state index in [0.717, 1.165) is 19.3 Å². The molecule has 0 aliphatic rings. The highest BCUT2D eigenvalue weighted by Crippen LogP contribution is 1.96. The Morgan fingerprint density at radius 2 is 2.00 bits per heavy atom. The number of aliphatic hydroxyl groups is 1. The zero-order valence-electron chi connectivity index (χ0n) is 7.51. The van der Waals surface area contributed by atoms with Gasteiger partial charge in [0.2, 0.25) is 0 Å². The normalized spacial score (nSPS) is 10.5. The minimum atomic E-state index is 0.299. The van der Waals surface area contributed by atoms with Gasteiger partial charge in [0.25, 0.3) is 0 Å². The molecular weight excluding hydrogens is 136 g/mol. The quantitative estimate of drug-likeness (QED) is 0.477. The summed E-state index contributed by atoms with van der Waals surface area (Å²) in [6.45, 7) is 4.50. The second-order valence-electron chi connectivity index (χ2n) is 2.85. The first-order chi connectivity index (χ1) is 5.27. The van der Waals surface area contributed by atoms with Crippen LogP contribution in [0.25, 0.3) is 0 Å². The van der Waals surface area contributed by atoms with Gasteiger partial charge in [-0.25, -0.2) is 0 Å². The van der Waals surface area contributed by atoms with E-state index >= 15 is 0 Å². The van der Waals surface area contributed by atoms with Gasteiger partial charge in [0.15, 0.2) is 0 Å². The third kappa shape index (κ3) is 9.44. The highest BCUT2D eigenvalue weighted by atomic mass is 16.2. The predicted molar refractivity (Wildman–Crippen MR) is 49.5 cm³/mol. The Bertz CT molecular complexity index is 130. The molecule has 0 radical (unpaired) electrons. The lowest BCUT2D eigenvalue weighted by atomic mass is 10.2. The third-order valence-corrected chi connectivity index (χ3v) is 1.36. The molecule has 0 amide bonds. The highest BCUT2D eigenvalue weighted by Gasteiger charge is 1.78. The molecule has 64 valence electrons. The van der Waals surface area contributed by atoms with Gasteiger partial charge >= 0.3 is 0 Å². The van der Waals surface area contributed by atoms with Crippen LogP contribution < -0.4 is 0 Å². The standard InChI is InChI=1S/C10H18O/c1-10(2)8-6-4-3-5-7-9-11/h3-4,8,11H,5-7,9H2,1-2H3/b4-3+. The SMILES string of the molecule is CC(C)=CC/C=C/CCCO. The number of rotatable bonds is 5. The van der Waals surface area contributed by atoms with Crippen LogP contribution in [-0.4, -0.2) is 11.7 Å². The van der Waals surface area contributed by atoms with Gasteiger partial charge in [0.1, 0.15) is 0 Å². The smallest absolute Gasteiger partial charge is 0.0433 e. The predicted octanol–water partition coefficient (Wildman–Crippen LogP) is 2.67. The molecule has 0 saturated heterocycles. The summed E-state index contributed by atoms with van der Waals surface area (Å²) >= 11 is 0. The first-order valence-electron chi connectivity index (χ1n) is 4.16. The Morgan fingerprint density at radius 1 is 1.27 bits per heavy atom. The Labute approximate surface area is 69.4 Å². The molecule has 11 heavy (non-hydrogen) atoms. The molecule has 1 N–H and O–H groups in total. The highest BCUT2D eigenvalue weighted by molar-refractivity contribution is 4.98. The molecule has 0 heterocycles. The fourth-order valence-electron chi connectivity index (χ4n) is 0.727. The molecule has 0 aromatic carbocycles. The van der Waals surface area contributed by atoms with E-state index in [1.165, 1.54) is 5.57 Å². The molecule has 0 aromatic rings. The van der Waals surface area contributed by atoms with Crippen molar-refractivity contribution in [1.82, 2.24) is 0 Å². The van der Waals surface area contributed by atoms with Gasteiger partial charge in [-0.1, -0.05) is 23.8 Å². The Kier molecular flexibility index (Phi) is 7.16. The lowest BCUT2D eigenvalue weighted by Gasteiger charge is -1.88. The zero-order chi connectivity index (χ0) is 8.53. The molecule has 0 saturated carbocycles. The van der Waals surface area contributed by atoms with Crippen LogP contribution in [-0.2, 0) is 0 Å². The van der Waals surface area contributed by atoms with Gasteiger partial charge in [-0.05, 0) is 33.1 Å². The molecule has 1 nitrogen and oxygen atoms in total. The second-order valence-corrected chi connectivity index (χ2v) is 2.85. The minimum Gasteiger partial charge on any atom is -0.396 e. The van der Waals surface area contributed by atoms with Gasteiger partial charge in [-0.2, -0.15) is 0 Å². The lowest BCUT2D eigenvalue weighted by molar-refractivity contribution is 0.289. The van der Waals surface area contributed by atoms with Crippen LogP contribution in [0.4, 0.5) is 0 Å². The van der Waals surface area contributed by atoms with Crippen molar-refractivity contribution in [2.24, 2.45) is 0 Å². The van der Waals surface area contributed by atoms with E-state index in [-0.39, 0.29) is 0 Å². The molecule has 1 heteroatoms. The number of aliphatic hydroxyl groups excluding tert-OH is 1. The van der Waals surface area contributed by atoms with Crippen molar-refractivity contribution in [2.45, 2.75) is 33.1 Å². The molecule has 0 aromatic heterocycles. The van der Waals surface area contributed by atoms with Crippen molar-refractivity contribution in [3.8, 4) is 0 Å². The summed E-state index contributed by atoms with van der Waals surface area (Å²) in [5.74, 6) is 0. The van der Waals surface area contributed by atoms with E-state index in [4.69, 9.17) is 5.11 Å². The van der Waals surface area contributed by atoms with Gasteiger partial charge in [-0.3, -0.25) is 0 Å². The Balaban J connectivity index is 3.23. The first kappa shape index (κ1) is 10.4. The minimum absolute atomic E-state index is 0.299. The van der Waals surface area contributed by atoms with E-state index in [1.807, 2.05) is 0 Å². The van der Waals surface area contributed by atoms with Crippen LogP contribution in [0.3, 0.4) is 0 Å². The van der Waals surface area contributed by atoms with Crippen molar-refractivity contribution in [1.29, 1.82) is 0 Å². The largest absolute Gasteiger partial charge is 0.396 e. The maximum atomic E-state index is 8.47. The second kappa shape index (κ2) is 7.55. The van der Waals surface area contributed by atoms with Gasteiger partial charge < -0.3 is 5.11 Å². The summed E-state index contributed by atoms with van der Waals surface area (Å²) in [7, 11) is 0. The maximum Gasteiger partial charge on any atom is 0.0433 e. The Hall–Kier alpha value is -0.560. The molecule has 0 bridgehead atoms. The van der Waals surface area contributed by atoms with Gasteiger partial charge in [0, 0.05) is 6.61 Å². The van der Waals surface area contributed by atoms with E-state index in [9.17, 15) is 0 Å². The van der Waals surface area contributed by atoms with Crippen LogP contribution in [0, 0.1) is 0 Å². The fourth-order valence-corrected chi connectivity index (χ4v) is 0.727. The monoisotopic (exact) mass is 154 g/mol. The van der Waals surface area contributed by atoms with Crippen molar-refractivity contribution >= 4 is 0 Å². The summed E-state index contributed by atoms with van der Waals surface area (Å²) in [6.07, 6.45) is 9.35. The molecule has 0 spiro atoms. The molecule has 0 fully saturated rings. The van der Waals surface area contributed by atoms with E-state index in [1.54, 1.807) is 0 Å². The fraction of sp³-hybridized carbons (Fsp3) is 0.600. The van der Waals surface area contributed by atoms with Crippen molar-refractivity contribution in [3.63, 3.8) is 0 Å². The summed E-state index contributed by atoms with van der Waals surface area (Å²) in [4.78, 5) is 0. The summed E-state index contributed by atoms with van der Waals surface area (Å²) in [6, 6.07) is 0. The molecular formula is C10H18O. The number of hydrogen-bond acceptors (Lipinski definition) is 1.